The lowest BCUT2D eigenvalue weighted by Crippen LogP contribution is -2.29. The third-order valence-corrected chi connectivity index (χ3v) is 5.35. The Hall–Kier alpha value is -1.89. The van der Waals surface area contributed by atoms with Crippen molar-refractivity contribution < 1.29 is 27.8 Å². The highest BCUT2D eigenvalue weighted by Crippen LogP contribution is 2.37. The summed E-state index contributed by atoms with van der Waals surface area (Å²) in [5.41, 5.74) is 1.21. The maximum Gasteiger partial charge on any atom is 0.387 e. The van der Waals surface area contributed by atoms with Gasteiger partial charge in [-0.1, -0.05) is 18.0 Å². The predicted molar refractivity (Wildman–Crippen MR) is 90.9 cm³/mol. The Morgan fingerprint density at radius 2 is 2.08 bits per heavy atom. The van der Waals surface area contributed by atoms with Crippen LogP contribution < -0.4 is 9.47 Å². The number of nitrogens with zero attached hydrogens (tertiary/aromatic N) is 1. The summed E-state index contributed by atoms with van der Waals surface area (Å²) < 4.78 is 41.3. The predicted octanol–water partition coefficient (Wildman–Crippen LogP) is 4.14. The molecule has 1 aliphatic carbocycles. The molecule has 3 aliphatic rings. The van der Waals surface area contributed by atoms with Crippen molar-refractivity contribution in [2.24, 2.45) is 11.1 Å². The Balaban J connectivity index is 1.51. The first kappa shape index (κ1) is 17.5. The molecule has 2 fully saturated rings. The van der Waals surface area contributed by atoms with E-state index in [0.29, 0.717) is 37.9 Å². The second kappa shape index (κ2) is 7.39. The lowest BCUT2D eigenvalue weighted by Gasteiger charge is -2.18. The van der Waals surface area contributed by atoms with E-state index in [4.69, 9.17) is 14.3 Å². The summed E-state index contributed by atoms with van der Waals surface area (Å²) in [6.45, 7) is -1.18. The van der Waals surface area contributed by atoms with Gasteiger partial charge in [0.2, 0.25) is 0 Å². The molecule has 0 amide bonds. The molecule has 1 aromatic rings. The minimum Gasteiger partial charge on any atom is -0.489 e. The second-order valence-electron chi connectivity index (χ2n) is 7.29. The maximum absolute atomic E-state index is 12.7. The van der Waals surface area contributed by atoms with Gasteiger partial charge in [0, 0.05) is 18.4 Å². The fraction of sp³-hybridized carbons (Fsp3) is 0.632. The van der Waals surface area contributed by atoms with Crippen LogP contribution in [0.2, 0.25) is 0 Å². The number of rotatable bonds is 6. The number of halogens is 2. The quantitative estimate of drug-likeness (QED) is 0.758. The van der Waals surface area contributed by atoms with Gasteiger partial charge in [-0.25, -0.2) is 0 Å². The zero-order valence-electron chi connectivity index (χ0n) is 14.6. The van der Waals surface area contributed by atoms with E-state index in [1.54, 1.807) is 12.1 Å². The number of hydrogen-bond acceptors (Lipinski definition) is 5. The van der Waals surface area contributed by atoms with Crippen molar-refractivity contribution >= 4 is 5.71 Å². The Morgan fingerprint density at radius 3 is 2.81 bits per heavy atom. The molecule has 0 aromatic heterocycles. The molecule has 1 spiro atoms. The average molecular weight is 367 g/mol. The summed E-state index contributed by atoms with van der Waals surface area (Å²) in [6, 6.07) is 4.96. The van der Waals surface area contributed by atoms with Crippen molar-refractivity contribution in [3.8, 4) is 11.5 Å². The molecule has 0 bridgehead atoms. The van der Waals surface area contributed by atoms with E-state index in [0.717, 1.165) is 30.5 Å². The van der Waals surface area contributed by atoms with E-state index in [9.17, 15) is 8.78 Å². The Labute approximate surface area is 151 Å². The fourth-order valence-electron chi connectivity index (χ4n) is 3.85. The molecule has 1 saturated heterocycles. The number of benzene rings is 1. The van der Waals surface area contributed by atoms with E-state index in [2.05, 4.69) is 9.89 Å². The van der Waals surface area contributed by atoms with Crippen LogP contribution in [0.4, 0.5) is 8.78 Å². The monoisotopic (exact) mass is 367 g/mol. The van der Waals surface area contributed by atoms with E-state index in [1.165, 1.54) is 18.9 Å². The average Bonchev–Trinajstić information content (AvgIpc) is 3.37. The van der Waals surface area contributed by atoms with Gasteiger partial charge in [-0.3, -0.25) is 0 Å². The third kappa shape index (κ3) is 3.77. The van der Waals surface area contributed by atoms with Crippen molar-refractivity contribution in [1.29, 1.82) is 0 Å². The molecule has 1 aromatic carbocycles. The topological polar surface area (TPSA) is 49.3 Å². The highest BCUT2D eigenvalue weighted by molar-refractivity contribution is 6.02. The molecule has 0 radical (unpaired) electrons. The van der Waals surface area contributed by atoms with Crippen molar-refractivity contribution in [2.75, 3.05) is 19.8 Å². The van der Waals surface area contributed by atoms with Gasteiger partial charge in [0.1, 0.15) is 0 Å². The third-order valence-electron chi connectivity index (χ3n) is 5.35. The first-order valence-corrected chi connectivity index (χ1v) is 9.18. The van der Waals surface area contributed by atoms with Crippen LogP contribution in [0.3, 0.4) is 0 Å². The standard InChI is InChI=1S/C19H23F2NO4/c20-18(21)25-16-6-5-14(9-17(16)24-11-13-3-1-2-4-13)15-10-19(26-22-15)7-8-23-12-19/h5-6,9,13,18H,1-4,7-8,10-12H2. The molecule has 1 unspecified atom stereocenters. The summed E-state index contributed by atoms with van der Waals surface area (Å²) in [5, 5.41) is 4.20. The van der Waals surface area contributed by atoms with Crippen molar-refractivity contribution in [3.63, 3.8) is 0 Å². The van der Waals surface area contributed by atoms with Crippen LogP contribution in [-0.4, -0.2) is 37.7 Å². The molecular weight excluding hydrogens is 344 g/mol. The molecule has 4 rings (SSSR count). The van der Waals surface area contributed by atoms with Gasteiger partial charge in [0.15, 0.2) is 17.1 Å². The molecule has 1 saturated carbocycles. The van der Waals surface area contributed by atoms with Crippen LogP contribution in [0.15, 0.2) is 23.4 Å². The number of oxime groups is 1. The Kier molecular flexibility index (Phi) is 4.98. The maximum atomic E-state index is 12.7. The summed E-state index contributed by atoms with van der Waals surface area (Å²) in [5.74, 6) is 0.866. The molecule has 7 heteroatoms. The summed E-state index contributed by atoms with van der Waals surface area (Å²) >= 11 is 0. The zero-order chi connectivity index (χ0) is 18.0. The minimum atomic E-state index is -2.89. The molecule has 0 N–H and O–H groups in total. The van der Waals surface area contributed by atoms with E-state index < -0.39 is 6.61 Å². The Morgan fingerprint density at radius 1 is 1.23 bits per heavy atom. The van der Waals surface area contributed by atoms with Crippen LogP contribution in [0.25, 0.3) is 0 Å². The van der Waals surface area contributed by atoms with E-state index in [-0.39, 0.29) is 11.4 Å². The van der Waals surface area contributed by atoms with E-state index in [1.807, 2.05) is 0 Å². The molecule has 142 valence electrons. The summed E-state index contributed by atoms with van der Waals surface area (Å²) in [6.07, 6.45) is 6.09. The largest absolute Gasteiger partial charge is 0.489 e. The zero-order valence-corrected chi connectivity index (χ0v) is 14.6. The van der Waals surface area contributed by atoms with Gasteiger partial charge < -0.3 is 19.0 Å². The molecule has 26 heavy (non-hydrogen) atoms. The van der Waals surface area contributed by atoms with Crippen LogP contribution in [0.5, 0.6) is 11.5 Å². The normalized spacial score (nSPS) is 25.7. The van der Waals surface area contributed by atoms with Gasteiger partial charge in [-0.05, 0) is 37.0 Å². The highest BCUT2D eigenvalue weighted by atomic mass is 19.3. The van der Waals surface area contributed by atoms with Crippen LogP contribution in [0, 0.1) is 5.92 Å². The SMILES string of the molecule is FC(F)Oc1ccc(C2=NOC3(CCOC3)C2)cc1OCC1CCCC1. The van der Waals surface area contributed by atoms with Gasteiger partial charge in [0.25, 0.3) is 0 Å². The Bertz CT molecular complexity index is 668. The van der Waals surface area contributed by atoms with Crippen LogP contribution in [0.1, 0.15) is 44.1 Å². The number of ether oxygens (including phenoxy) is 3. The van der Waals surface area contributed by atoms with Crippen molar-refractivity contribution in [2.45, 2.75) is 50.7 Å². The molecular formula is C19H23F2NO4. The summed E-state index contributed by atoms with van der Waals surface area (Å²) in [4.78, 5) is 5.62. The molecule has 2 heterocycles. The van der Waals surface area contributed by atoms with Crippen molar-refractivity contribution in [1.82, 2.24) is 0 Å². The van der Waals surface area contributed by atoms with Crippen LogP contribution >= 0.6 is 0 Å². The lowest BCUT2D eigenvalue weighted by molar-refractivity contribution is -0.0516. The second-order valence-corrected chi connectivity index (χ2v) is 7.29. The van der Waals surface area contributed by atoms with Gasteiger partial charge in [0.05, 0.1) is 25.5 Å². The number of hydrogen-bond donors (Lipinski definition) is 0. The molecule has 5 nitrogen and oxygen atoms in total. The minimum absolute atomic E-state index is 0.0557. The summed E-state index contributed by atoms with van der Waals surface area (Å²) in [7, 11) is 0. The fourth-order valence-corrected chi connectivity index (χ4v) is 3.85. The number of alkyl halides is 2. The van der Waals surface area contributed by atoms with E-state index >= 15 is 0 Å². The molecule has 2 aliphatic heterocycles. The first-order valence-electron chi connectivity index (χ1n) is 9.18. The van der Waals surface area contributed by atoms with Crippen molar-refractivity contribution in [3.05, 3.63) is 23.8 Å². The smallest absolute Gasteiger partial charge is 0.387 e. The van der Waals surface area contributed by atoms with Gasteiger partial charge in [-0.15, -0.1) is 0 Å². The molecule has 1 atom stereocenters. The van der Waals surface area contributed by atoms with Gasteiger partial charge in [-0.2, -0.15) is 8.78 Å². The first-order chi connectivity index (χ1) is 12.6. The highest BCUT2D eigenvalue weighted by Gasteiger charge is 2.43. The van der Waals surface area contributed by atoms with Gasteiger partial charge >= 0.3 is 6.61 Å². The van der Waals surface area contributed by atoms with Crippen LogP contribution in [-0.2, 0) is 9.57 Å². The lowest BCUT2D eigenvalue weighted by atomic mass is 9.93.